The number of rotatable bonds is 5. The number of hydrogen-bond donors (Lipinski definition) is 2. The van der Waals surface area contributed by atoms with Gasteiger partial charge in [0.15, 0.2) is 0 Å². The summed E-state index contributed by atoms with van der Waals surface area (Å²) in [7, 11) is 0. The zero-order valence-corrected chi connectivity index (χ0v) is 16.2. The van der Waals surface area contributed by atoms with E-state index in [0.29, 0.717) is 6.54 Å². The van der Waals surface area contributed by atoms with Crippen molar-refractivity contribution < 1.29 is 9.18 Å². The van der Waals surface area contributed by atoms with Crippen LogP contribution in [0.5, 0.6) is 0 Å². The number of halogens is 1. The molecule has 148 valence electrons. The second-order valence-corrected chi connectivity index (χ2v) is 8.58. The fraction of sp³-hybridized carbons (Fsp3) is 0.778. The van der Waals surface area contributed by atoms with E-state index in [4.69, 9.17) is 11.0 Å². The second-order valence-electron chi connectivity index (χ2n) is 8.58. The molecule has 0 spiro atoms. The number of aromatic nitrogens is 3. The molecule has 3 N–H and O–H groups in total. The number of carbonyl (C=O) groups is 1. The molecule has 1 unspecified atom stereocenters. The Kier molecular flexibility index (Phi) is 4.99. The van der Waals surface area contributed by atoms with Gasteiger partial charge in [-0.3, -0.25) is 9.48 Å². The molecule has 0 bridgehead atoms. The summed E-state index contributed by atoms with van der Waals surface area (Å²) < 4.78 is 15.3. The maximum atomic E-state index is 13.6. The highest BCUT2D eigenvalue weighted by Crippen LogP contribution is 2.51. The molecule has 0 radical (unpaired) electrons. The molecule has 1 aromatic rings. The van der Waals surface area contributed by atoms with Crippen molar-refractivity contribution in [1.82, 2.24) is 25.0 Å². The van der Waals surface area contributed by atoms with Gasteiger partial charge in [-0.2, -0.15) is 10.4 Å². The molecular formula is C18H28FN7O. The zero-order chi connectivity index (χ0) is 19.9. The largest absolute Gasteiger partial charge is 0.323 e. The van der Waals surface area contributed by atoms with Gasteiger partial charge in [0.05, 0.1) is 25.7 Å². The summed E-state index contributed by atoms with van der Waals surface area (Å²) in [6, 6.07) is 1.34. The van der Waals surface area contributed by atoms with Crippen LogP contribution in [0.2, 0.25) is 0 Å². The van der Waals surface area contributed by atoms with E-state index in [-0.39, 0.29) is 36.4 Å². The molecule has 1 saturated heterocycles. The van der Waals surface area contributed by atoms with Crippen LogP contribution >= 0.6 is 0 Å². The highest BCUT2D eigenvalue weighted by molar-refractivity contribution is 5.79. The van der Waals surface area contributed by atoms with Crippen molar-refractivity contribution in [2.45, 2.75) is 69.9 Å². The van der Waals surface area contributed by atoms with E-state index >= 15 is 0 Å². The van der Waals surface area contributed by atoms with Gasteiger partial charge in [-0.15, -0.1) is 0 Å². The summed E-state index contributed by atoms with van der Waals surface area (Å²) in [4.78, 5) is 17.9. The van der Waals surface area contributed by atoms with Crippen LogP contribution in [0.4, 0.5) is 4.39 Å². The van der Waals surface area contributed by atoms with Crippen LogP contribution in [0.15, 0.2) is 12.7 Å². The molecule has 1 aliphatic heterocycles. The summed E-state index contributed by atoms with van der Waals surface area (Å²) >= 11 is 0. The number of nitrogens with zero attached hydrogens (tertiary/aromatic N) is 5. The van der Waals surface area contributed by atoms with Gasteiger partial charge in [-0.25, -0.2) is 9.37 Å². The highest BCUT2D eigenvalue weighted by Gasteiger charge is 2.59. The van der Waals surface area contributed by atoms with Gasteiger partial charge >= 0.3 is 0 Å². The third-order valence-corrected chi connectivity index (χ3v) is 6.96. The number of hydrogen-bond acceptors (Lipinski definition) is 6. The quantitative estimate of drug-likeness (QED) is 0.777. The molecule has 2 fully saturated rings. The van der Waals surface area contributed by atoms with E-state index in [1.54, 1.807) is 11.0 Å². The minimum absolute atomic E-state index is 0.00796. The number of nitriles is 1. The molecule has 9 heteroatoms. The Morgan fingerprint density at radius 2 is 2.19 bits per heavy atom. The lowest BCUT2D eigenvalue weighted by Gasteiger charge is -2.47. The third-order valence-electron chi connectivity index (χ3n) is 6.96. The fourth-order valence-corrected chi connectivity index (χ4v) is 4.39. The van der Waals surface area contributed by atoms with Crippen LogP contribution in [0, 0.1) is 16.7 Å². The SMILES string of the molecule is CC1(C)[C@@](N)(Cn2cncn2)CC[C@@]1(C)NCC(=O)N1C[C@@H](F)CC1C#N. The molecule has 3 rings (SSSR count). The minimum Gasteiger partial charge on any atom is -0.323 e. The first-order valence-corrected chi connectivity index (χ1v) is 9.31. The predicted octanol–water partition coefficient (Wildman–Crippen LogP) is 0.606. The molecule has 1 saturated carbocycles. The van der Waals surface area contributed by atoms with Gasteiger partial charge in [0.2, 0.25) is 5.91 Å². The van der Waals surface area contributed by atoms with Crippen LogP contribution in [-0.2, 0) is 11.3 Å². The zero-order valence-electron chi connectivity index (χ0n) is 16.2. The smallest absolute Gasteiger partial charge is 0.237 e. The van der Waals surface area contributed by atoms with Crippen molar-refractivity contribution in [3.05, 3.63) is 12.7 Å². The first-order chi connectivity index (χ1) is 12.6. The number of alkyl halides is 1. The van der Waals surface area contributed by atoms with E-state index in [1.165, 1.54) is 11.2 Å². The van der Waals surface area contributed by atoms with Crippen LogP contribution in [-0.4, -0.2) is 62.0 Å². The number of amides is 1. The van der Waals surface area contributed by atoms with Gasteiger partial charge in [-0.05, 0) is 19.8 Å². The van der Waals surface area contributed by atoms with Gasteiger partial charge in [-0.1, -0.05) is 13.8 Å². The molecular weight excluding hydrogens is 349 g/mol. The van der Waals surface area contributed by atoms with E-state index in [9.17, 15) is 9.18 Å². The van der Waals surface area contributed by atoms with E-state index < -0.39 is 17.8 Å². The Morgan fingerprint density at radius 1 is 1.44 bits per heavy atom. The molecule has 1 aromatic heterocycles. The average molecular weight is 377 g/mol. The molecule has 4 atom stereocenters. The Bertz CT molecular complexity index is 731. The minimum atomic E-state index is -1.13. The van der Waals surface area contributed by atoms with E-state index in [0.717, 1.165) is 12.8 Å². The normalized spacial score (nSPS) is 35.3. The second kappa shape index (κ2) is 6.84. The summed E-state index contributed by atoms with van der Waals surface area (Å²) in [5, 5.41) is 16.7. The Hall–Kier alpha value is -2.05. The van der Waals surface area contributed by atoms with E-state index in [1.807, 2.05) is 6.07 Å². The first-order valence-electron chi connectivity index (χ1n) is 9.31. The molecule has 2 aliphatic rings. The summed E-state index contributed by atoms with van der Waals surface area (Å²) in [6.45, 7) is 6.85. The summed E-state index contributed by atoms with van der Waals surface area (Å²) in [6.07, 6.45) is 3.67. The van der Waals surface area contributed by atoms with Crippen molar-refractivity contribution in [1.29, 1.82) is 5.26 Å². The van der Waals surface area contributed by atoms with Crippen LogP contribution in [0.1, 0.15) is 40.0 Å². The molecule has 1 amide bonds. The van der Waals surface area contributed by atoms with Gasteiger partial charge < -0.3 is 16.0 Å². The topological polar surface area (TPSA) is 113 Å². The van der Waals surface area contributed by atoms with Crippen molar-refractivity contribution in [2.24, 2.45) is 11.1 Å². The lowest BCUT2D eigenvalue weighted by Crippen LogP contribution is -2.63. The van der Waals surface area contributed by atoms with Crippen molar-refractivity contribution in [3.8, 4) is 6.07 Å². The summed E-state index contributed by atoms with van der Waals surface area (Å²) in [5.41, 5.74) is 5.54. The number of carbonyl (C=O) groups excluding carboxylic acids is 1. The predicted molar refractivity (Wildman–Crippen MR) is 97.0 cm³/mol. The number of nitrogens with two attached hydrogens (primary N) is 1. The molecule has 27 heavy (non-hydrogen) atoms. The highest BCUT2D eigenvalue weighted by atomic mass is 19.1. The maximum absolute atomic E-state index is 13.6. The van der Waals surface area contributed by atoms with Gasteiger partial charge in [0.25, 0.3) is 0 Å². The Labute approximate surface area is 158 Å². The van der Waals surface area contributed by atoms with Crippen LogP contribution in [0.25, 0.3) is 0 Å². The molecule has 8 nitrogen and oxygen atoms in total. The Morgan fingerprint density at radius 3 is 2.81 bits per heavy atom. The third kappa shape index (κ3) is 3.32. The van der Waals surface area contributed by atoms with Crippen LogP contribution in [0.3, 0.4) is 0 Å². The lowest BCUT2D eigenvalue weighted by molar-refractivity contribution is -0.131. The van der Waals surface area contributed by atoms with Crippen molar-refractivity contribution >= 4 is 5.91 Å². The van der Waals surface area contributed by atoms with Crippen molar-refractivity contribution in [2.75, 3.05) is 13.1 Å². The molecule has 1 aliphatic carbocycles. The summed E-state index contributed by atoms with van der Waals surface area (Å²) in [5.74, 6) is -0.246. The fourth-order valence-electron chi connectivity index (χ4n) is 4.39. The first kappa shape index (κ1) is 19.7. The average Bonchev–Trinajstić information content (AvgIpc) is 3.29. The lowest BCUT2D eigenvalue weighted by atomic mass is 9.67. The van der Waals surface area contributed by atoms with Gasteiger partial charge in [0.1, 0.15) is 24.9 Å². The van der Waals surface area contributed by atoms with Gasteiger partial charge in [0, 0.05) is 22.9 Å². The standard InChI is InChI=1S/C18H28FN7O/c1-16(2)17(3,4-5-18(16,21)10-25-12-22-11-24-25)23-8-15(27)26-9-13(19)6-14(26)7-20/h11-14,23H,4-6,8-10,21H2,1-3H3/t13-,14?,17+,18-/m0/s1. The van der Waals surface area contributed by atoms with Crippen LogP contribution < -0.4 is 11.1 Å². The monoisotopic (exact) mass is 377 g/mol. The number of likely N-dealkylation sites (tertiary alicyclic amines) is 1. The van der Waals surface area contributed by atoms with Crippen molar-refractivity contribution in [3.63, 3.8) is 0 Å². The molecule has 0 aromatic carbocycles. The van der Waals surface area contributed by atoms with E-state index in [2.05, 4.69) is 36.2 Å². The number of nitrogens with one attached hydrogen (secondary N) is 1. The Balaban J connectivity index is 1.68. The molecule has 2 heterocycles. The maximum Gasteiger partial charge on any atom is 0.237 e.